The van der Waals surface area contributed by atoms with Crippen molar-refractivity contribution < 1.29 is 4.39 Å². The molecule has 88 valence electrons. The highest BCUT2D eigenvalue weighted by atomic mass is 35.5. The Bertz CT molecular complexity index is 370. The molecule has 1 heterocycles. The zero-order chi connectivity index (χ0) is 11.5. The SMILES string of the molecule is Fc1ccc(CN2CCCC(Cl)C2)cc1Cl. The third-order valence-corrected chi connectivity index (χ3v) is 3.48. The van der Waals surface area contributed by atoms with Crippen molar-refractivity contribution in [2.45, 2.75) is 24.8 Å². The summed E-state index contributed by atoms with van der Waals surface area (Å²) in [5.41, 5.74) is 1.04. The van der Waals surface area contributed by atoms with E-state index in [1.165, 1.54) is 6.07 Å². The third-order valence-electron chi connectivity index (χ3n) is 2.84. The van der Waals surface area contributed by atoms with Crippen LogP contribution in [0.15, 0.2) is 18.2 Å². The maximum absolute atomic E-state index is 13.0. The van der Waals surface area contributed by atoms with E-state index in [-0.39, 0.29) is 16.2 Å². The first-order valence-corrected chi connectivity index (χ1v) is 6.27. The predicted molar refractivity (Wildman–Crippen MR) is 65.6 cm³/mol. The quantitative estimate of drug-likeness (QED) is 0.735. The van der Waals surface area contributed by atoms with Crippen molar-refractivity contribution in [2.24, 2.45) is 0 Å². The second-order valence-electron chi connectivity index (χ2n) is 4.22. The molecule has 1 aromatic rings. The Labute approximate surface area is 105 Å². The van der Waals surface area contributed by atoms with Gasteiger partial charge in [0.25, 0.3) is 0 Å². The number of rotatable bonds is 2. The Balaban J connectivity index is 2.00. The van der Waals surface area contributed by atoms with Gasteiger partial charge in [-0.25, -0.2) is 4.39 Å². The highest BCUT2D eigenvalue weighted by Crippen LogP contribution is 2.20. The van der Waals surface area contributed by atoms with E-state index in [2.05, 4.69) is 4.90 Å². The van der Waals surface area contributed by atoms with E-state index in [1.807, 2.05) is 0 Å². The molecule has 4 heteroatoms. The summed E-state index contributed by atoms with van der Waals surface area (Å²) in [5, 5.41) is 0.432. The fourth-order valence-corrected chi connectivity index (χ4v) is 2.59. The lowest BCUT2D eigenvalue weighted by atomic mass is 10.1. The standard InChI is InChI=1S/C12H14Cl2FN/c13-10-2-1-5-16(8-10)7-9-3-4-12(15)11(14)6-9/h3-4,6,10H,1-2,5,7-8H2. The molecule has 1 unspecified atom stereocenters. The van der Waals surface area contributed by atoms with Gasteiger partial charge in [-0.3, -0.25) is 4.90 Å². The topological polar surface area (TPSA) is 3.24 Å². The molecular weight excluding hydrogens is 248 g/mol. The number of halogens is 3. The van der Waals surface area contributed by atoms with Crippen LogP contribution >= 0.6 is 23.2 Å². The van der Waals surface area contributed by atoms with E-state index < -0.39 is 0 Å². The minimum Gasteiger partial charge on any atom is -0.298 e. The summed E-state index contributed by atoms with van der Waals surface area (Å²) in [7, 11) is 0. The summed E-state index contributed by atoms with van der Waals surface area (Å²) < 4.78 is 13.0. The van der Waals surface area contributed by atoms with Crippen molar-refractivity contribution in [2.75, 3.05) is 13.1 Å². The molecular formula is C12H14Cl2FN. The second-order valence-corrected chi connectivity index (χ2v) is 5.25. The van der Waals surface area contributed by atoms with Crippen LogP contribution < -0.4 is 0 Å². The van der Waals surface area contributed by atoms with E-state index in [4.69, 9.17) is 23.2 Å². The van der Waals surface area contributed by atoms with Gasteiger partial charge in [0.1, 0.15) is 5.82 Å². The van der Waals surface area contributed by atoms with E-state index in [1.54, 1.807) is 12.1 Å². The second kappa shape index (κ2) is 5.35. The zero-order valence-electron chi connectivity index (χ0n) is 8.93. The van der Waals surface area contributed by atoms with Crippen molar-refractivity contribution >= 4 is 23.2 Å². The molecule has 0 N–H and O–H groups in total. The fraction of sp³-hybridized carbons (Fsp3) is 0.500. The number of nitrogens with zero attached hydrogens (tertiary/aromatic N) is 1. The fourth-order valence-electron chi connectivity index (χ4n) is 2.04. The molecule has 0 radical (unpaired) electrons. The smallest absolute Gasteiger partial charge is 0.141 e. The Morgan fingerprint density at radius 1 is 1.44 bits per heavy atom. The largest absolute Gasteiger partial charge is 0.298 e. The lowest BCUT2D eigenvalue weighted by Gasteiger charge is -2.29. The average molecular weight is 262 g/mol. The van der Waals surface area contributed by atoms with Crippen molar-refractivity contribution in [3.05, 3.63) is 34.6 Å². The molecule has 0 aliphatic carbocycles. The van der Waals surface area contributed by atoms with Crippen LogP contribution in [0.5, 0.6) is 0 Å². The molecule has 2 rings (SSSR count). The third kappa shape index (κ3) is 3.09. The van der Waals surface area contributed by atoms with Crippen LogP contribution in [-0.4, -0.2) is 23.4 Å². The number of hydrogen-bond donors (Lipinski definition) is 0. The van der Waals surface area contributed by atoms with Gasteiger partial charge in [0, 0.05) is 18.5 Å². The summed E-state index contributed by atoms with van der Waals surface area (Å²) in [6, 6.07) is 4.88. The summed E-state index contributed by atoms with van der Waals surface area (Å²) in [6.45, 7) is 2.75. The summed E-state index contributed by atoms with van der Waals surface area (Å²) in [4.78, 5) is 2.28. The van der Waals surface area contributed by atoms with E-state index in [0.29, 0.717) is 0 Å². The molecule has 1 aliphatic rings. The molecule has 1 nitrogen and oxygen atoms in total. The number of benzene rings is 1. The van der Waals surface area contributed by atoms with Gasteiger partial charge in [0.05, 0.1) is 5.02 Å². The first-order valence-electron chi connectivity index (χ1n) is 5.45. The van der Waals surface area contributed by atoms with Gasteiger partial charge in [-0.1, -0.05) is 17.7 Å². The predicted octanol–water partition coefficient (Wildman–Crippen LogP) is 3.68. The average Bonchev–Trinajstić information content (AvgIpc) is 2.24. The van der Waals surface area contributed by atoms with Crippen LogP contribution in [0.1, 0.15) is 18.4 Å². The van der Waals surface area contributed by atoms with E-state index >= 15 is 0 Å². The van der Waals surface area contributed by atoms with Gasteiger partial charge in [-0.05, 0) is 37.1 Å². The maximum Gasteiger partial charge on any atom is 0.141 e. The Kier molecular flexibility index (Phi) is 4.06. The van der Waals surface area contributed by atoms with Gasteiger partial charge in [0.15, 0.2) is 0 Å². The number of piperidine rings is 1. The highest BCUT2D eigenvalue weighted by molar-refractivity contribution is 6.30. The molecule has 1 atom stereocenters. The molecule has 0 spiro atoms. The van der Waals surface area contributed by atoms with Gasteiger partial charge in [-0.15, -0.1) is 11.6 Å². The molecule has 1 saturated heterocycles. The van der Waals surface area contributed by atoms with Crippen LogP contribution in [0.4, 0.5) is 4.39 Å². The first-order chi connectivity index (χ1) is 7.65. The highest BCUT2D eigenvalue weighted by Gasteiger charge is 2.17. The minimum absolute atomic E-state index is 0.192. The first kappa shape index (κ1) is 12.2. The molecule has 1 aliphatic heterocycles. The molecule has 1 aromatic carbocycles. The lowest BCUT2D eigenvalue weighted by molar-refractivity contribution is 0.224. The summed E-state index contributed by atoms with van der Waals surface area (Å²) in [5.74, 6) is -0.362. The Morgan fingerprint density at radius 3 is 2.94 bits per heavy atom. The molecule has 1 fully saturated rings. The van der Waals surface area contributed by atoms with E-state index in [0.717, 1.165) is 38.0 Å². The van der Waals surface area contributed by atoms with Gasteiger partial charge in [0.2, 0.25) is 0 Å². The zero-order valence-corrected chi connectivity index (χ0v) is 10.4. The monoisotopic (exact) mass is 261 g/mol. The van der Waals surface area contributed by atoms with Crippen LogP contribution in [0.25, 0.3) is 0 Å². The van der Waals surface area contributed by atoms with Crippen molar-refractivity contribution in [1.29, 1.82) is 0 Å². The Morgan fingerprint density at radius 2 is 2.25 bits per heavy atom. The molecule has 0 saturated carbocycles. The van der Waals surface area contributed by atoms with Crippen molar-refractivity contribution in [3.8, 4) is 0 Å². The van der Waals surface area contributed by atoms with Gasteiger partial charge >= 0.3 is 0 Å². The maximum atomic E-state index is 13.0. The number of hydrogen-bond acceptors (Lipinski definition) is 1. The van der Waals surface area contributed by atoms with Gasteiger partial charge in [-0.2, -0.15) is 0 Å². The Hall–Kier alpha value is -0.310. The van der Waals surface area contributed by atoms with Crippen molar-refractivity contribution in [1.82, 2.24) is 4.90 Å². The lowest BCUT2D eigenvalue weighted by Crippen LogP contribution is -2.35. The van der Waals surface area contributed by atoms with Crippen molar-refractivity contribution in [3.63, 3.8) is 0 Å². The minimum atomic E-state index is -0.362. The normalized spacial score (nSPS) is 22.3. The summed E-state index contributed by atoms with van der Waals surface area (Å²) in [6.07, 6.45) is 2.21. The van der Waals surface area contributed by atoms with E-state index in [9.17, 15) is 4.39 Å². The molecule has 0 aromatic heterocycles. The summed E-state index contributed by atoms with van der Waals surface area (Å²) >= 11 is 11.8. The molecule has 0 amide bonds. The molecule has 0 bridgehead atoms. The number of likely N-dealkylation sites (tertiary alicyclic amines) is 1. The van der Waals surface area contributed by atoms with Crippen LogP contribution in [0.3, 0.4) is 0 Å². The van der Waals surface area contributed by atoms with Crippen LogP contribution in [0, 0.1) is 5.82 Å². The number of alkyl halides is 1. The van der Waals surface area contributed by atoms with Gasteiger partial charge < -0.3 is 0 Å². The molecule has 16 heavy (non-hydrogen) atoms. The van der Waals surface area contributed by atoms with Crippen LogP contribution in [0.2, 0.25) is 5.02 Å². The van der Waals surface area contributed by atoms with Crippen LogP contribution in [-0.2, 0) is 6.54 Å².